The average molecular weight is 368 g/mol. The lowest BCUT2D eigenvalue weighted by atomic mass is 10.0. The topological polar surface area (TPSA) is 81.9 Å². The highest BCUT2D eigenvalue weighted by molar-refractivity contribution is 6.08. The number of benzene rings is 2. The summed E-state index contributed by atoms with van der Waals surface area (Å²) in [6, 6.07) is 16.2. The Hall–Kier alpha value is -2.96. The molecule has 6 heteroatoms. The first kappa shape index (κ1) is 20.4. The minimum absolute atomic E-state index is 0.0157. The smallest absolute Gasteiger partial charge is 0.330 e. The van der Waals surface area contributed by atoms with Crippen LogP contribution < -0.4 is 10.6 Å². The second-order valence-corrected chi connectivity index (χ2v) is 5.83. The van der Waals surface area contributed by atoms with Gasteiger partial charge in [-0.1, -0.05) is 36.9 Å². The minimum Gasteiger partial charge on any atom is -0.494 e. The first-order chi connectivity index (χ1) is 13.1. The number of ether oxygens (including phenoxy) is 2. The van der Waals surface area contributed by atoms with Crippen molar-refractivity contribution < 1.29 is 19.1 Å². The molecule has 0 amide bonds. The summed E-state index contributed by atoms with van der Waals surface area (Å²) in [5.74, 6) is 6.04. The van der Waals surface area contributed by atoms with E-state index in [0.29, 0.717) is 36.6 Å². The predicted octanol–water partition coefficient (Wildman–Crippen LogP) is 2.59. The second kappa shape index (κ2) is 10.9. The Morgan fingerprint density at radius 3 is 2.30 bits per heavy atom. The molecule has 2 aromatic carbocycles. The van der Waals surface area contributed by atoms with Gasteiger partial charge in [0.15, 0.2) is 5.78 Å². The molecule has 0 bridgehead atoms. The molecule has 142 valence electrons. The number of carbonyl (C=O) groups excluding carboxylic acids is 2. The highest BCUT2D eigenvalue weighted by atomic mass is 16.5. The van der Waals surface area contributed by atoms with Crippen LogP contribution >= 0.6 is 0 Å². The van der Waals surface area contributed by atoms with Crippen LogP contribution in [0.25, 0.3) is 0 Å². The third-order valence-electron chi connectivity index (χ3n) is 3.80. The Morgan fingerprint density at radius 2 is 1.63 bits per heavy atom. The van der Waals surface area contributed by atoms with Gasteiger partial charge >= 0.3 is 5.97 Å². The van der Waals surface area contributed by atoms with E-state index in [1.54, 1.807) is 41.4 Å². The molecule has 0 aromatic heterocycles. The third-order valence-corrected chi connectivity index (χ3v) is 3.80. The molecule has 0 spiro atoms. The van der Waals surface area contributed by atoms with E-state index in [0.717, 1.165) is 12.5 Å². The average Bonchev–Trinajstić information content (AvgIpc) is 2.71. The fourth-order valence-corrected chi connectivity index (χ4v) is 2.35. The Morgan fingerprint density at radius 1 is 0.963 bits per heavy atom. The molecule has 0 atom stereocenters. The van der Waals surface area contributed by atoms with Crippen LogP contribution in [-0.4, -0.2) is 43.1 Å². The van der Waals surface area contributed by atoms with Gasteiger partial charge < -0.3 is 9.47 Å². The number of rotatable bonds is 11. The van der Waals surface area contributed by atoms with Crippen molar-refractivity contribution in [2.45, 2.75) is 6.42 Å². The summed E-state index contributed by atoms with van der Waals surface area (Å²) in [5, 5.41) is 1.57. The van der Waals surface area contributed by atoms with Crippen molar-refractivity contribution in [3.05, 3.63) is 78.4 Å². The highest BCUT2D eigenvalue weighted by Crippen LogP contribution is 2.15. The molecule has 0 aliphatic rings. The van der Waals surface area contributed by atoms with Gasteiger partial charge in [-0.15, -0.1) is 0 Å². The maximum absolute atomic E-state index is 12.3. The number of hydrogen-bond acceptors (Lipinski definition) is 6. The van der Waals surface area contributed by atoms with Crippen molar-refractivity contribution in [1.29, 1.82) is 0 Å². The minimum atomic E-state index is -0.457. The van der Waals surface area contributed by atoms with E-state index in [1.165, 1.54) is 0 Å². The van der Waals surface area contributed by atoms with Crippen LogP contribution in [-0.2, 0) is 9.53 Å². The lowest BCUT2D eigenvalue weighted by molar-refractivity contribution is -0.138. The van der Waals surface area contributed by atoms with Crippen LogP contribution in [0, 0.1) is 0 Å². The zero-order valence-electron chi connectivity index (χ0n) is 15.2. The molecule has 6 nitrogen and oxygen atoms in total. The quantitative estimate of drug-likeness (QED) is 0.164. The Bertz CT molecular complexity index is 745. The van der Waals surface area contributed by atoms with Gasteiger partial charge in [0, 0.05) is 30.3 Å². The van der Waals surface area contributed by atoms with Crippen molar-refractivity contribution in [2.75, 3.05) is 26.3 Å². The summed E-state index contributed by atoms with van der Waals surface area (Å²) in [6.07, 6.45) is 1.84. The largest absolute Gasteiger partial charge is 0.494 e. The van der Waals surface area contributed by atoms with E-state index < -0.39 is 5.97 Å². The number of nitrogens with zero attached hydrogens (tertiary/aromatic N) is 1. The highest BCUT2D eigenvalue weighted by Gasteiger charge is 2.08. The molecular weight excluding hydrogens is 344 g/mol. The molecule has 0 unspecified atom stereocenters. The molecule has 27 heavy (non-hydrogen) atoms. The predicted molar refractivity (Wildman–Crippen MR) is 103 cm³/mol. The number of nitrogens with two attached hydrogens (primary N) is 1. The van der Waals surface area contributed by atoms with Gasteiger partial charge in [0.2, 0.25) is 0 Å². The Kier molecular flexibility index (Phi) is 8.22. The fourth-order valence-electron chi connectivity index (χ4n) is 2.35. The van der Waals surface area contributed by atoms with Crippen LogP contribution in [0.15, 0.2) is 67.3 Å². The normalized spacial score (nSPS) is 10.4. The zero-order valence-corrected chi connectivity index (χ0v) is 15.2. The molecule has 0 heterocycles. The number of hydrogen-bond donors (Lipinski definition) is 1. The van der Waals surface area contributed by atoms with E-state index in [-0.39, 0.29) is 12.4 Å². The summed E-state index contributed by atoms with van der Waals surface area (Å²) >= 11 is 0. The molecule has 0 aliphatic carbocycles. The first-order valence-corrected chi connectivity index (χ1v) is 8.71. The van der Waals surface area contributed by atoms with Gasteiger partial charge in [0.05, 0.1) is 6.61 Å². The van der Waals surface area contributed by atoms with Crippen LogP contribution in [0.4, 0.5) is 0 Å². The van der Waals surface area contributed by atoms with Crippen LogP contribution in [0.2, 0.25) is 0 Å². The maximum Gasteiger partial charge on any atom is 0.330 e. The van der Waals surface area contributed by atoms with Crippen LogP contribution in [0.1, 0.15) is 22.3 Å². The lowest BCUT2D eigenvalue weighted by Gasteiger charge is -2.16. The molecule has 0 saturated carbocycles. The molecule has 2 rings (SSSR count). The SMILES string of the molecule is C=CC(=O)OCCN(N)CCCOc1ccc(C(=O)c2ccccc2)cc1. The molecule has 0 radical (unpaired) electrons. The van der Waals surface area contributed by atoms with Gasteiger partial charge in [0.1, 0.15) is 12.4 Å². The van der Waals surface area contributed by atoms with E-state index in [9.17, 15) is 9.59 Å². The van der Waals surface area contributed by atoms with Crippen molar-refractivity contribution in [3.8, 4) is 5.75 Å². The number of esters is 1. The molecule has 0 aliphatic heterocycles. The van der Waals surface area contributed by atoms with Crippen molar-refractivity contribution >= 4 is 11.8 Å². The van der Waals surface area contributed by atoms with Gasteiger partial charge in [0.25, 0.3) is 0 Å². The standard InChI is InChI=1S/C21H24N2O4/c1-2-20(24)27-16-14-23(22)13-6-15-26-19-11-9-18(10-12-19)21(25)17-7-4-3-5-8-17/h2-5,7-12H,1,6,13-16,22H2. The molecule has 2 aromatic rings. The summed E-state index contributed by atoms with van der Waals surface area (Å²) < 4.78 is 10.5. The lowest BCUT2D eigenvalue weighted by Crippen LogP contribution is -2.36. The molecule has 0 saturated heterocycles. The Balaban J connectivity index is 1.69. The summed E-state index contributed by atoms with van der Waals surface area (Å²) in [4.78, 5) is 23.3. The van der Waals surface area contributed by atoms with Gasteiger partial charge in [-0.25, -0.2) is 9.80 Å². The second-order valence-electron chi connectivity index (χ2n) is 5.83. The number of ketones is 1. The van der Waals surface area contributed by atoms with Crippen LogP contribution in [0.3, 0.4) is 0 Å². The van der Waals surface area contributed by atoms with E-state index in [1.807, 2.05) is 18.2 Å². The maximum atomic E-state index is 12.3. The van der Waals surface area contributed by atoms with Crippen molar-refractivity contribution in [3.63, 3.8) is 0 Å². The van der Waals surface area contributed by atoms with Gasteiger partial charge in [-0.3, -0.25) is 10.6 Å². The monoisotopic (exact) mass is 368 g/mol. The number of hydrazine groups is 1. The fraction of sp³-hybridized carbons (Fsp3) is 0.238. The van der Waals surface area contributed by atoms with E-state index in [4.69, 9.17) is 15.3 Å². The third kappa shape index (κ3) is 7.05. The molecule has 0 fully saturated rings. The van der Waals surface area contributed by atoms with Gasteiger partial charge in [-0.2, -0.15) is 0 Å². The zero-order chi connectivity index (χ0) is 19.5. The van der Waals surface area contributed by atoms with Crippen molar-refractivity contribution in [1.82, 2.24) is 5.01 Å². The van der Waals surface area contributed by atoms with Gasteiger partial charge in [-0.05, 0) is 30.7 Å². The van der Waals surface area contributed by atoms with E-state index >= 15 is 0 Å². The summed E-state index contributed by atoms with van der Waals surface area (Å²) in [6.45, 7) is 5.08. The molecular formula is C21H24N2O4. The van der Waals surface area contributed by atoms with Crippen molar-refractivity contribution in [2.24, 2.45) is 5.84 Å². The molecule has 2 N–H and O–H groups in total. The summed E-state index contributed by atoms with van der Waals surface area (Å²) in [7, 11) is 0. The first-order valence-electron chi connectivity index (χ1n) is 8.71. The summed E-state index contributed by atoms with van der Waals surface area (Å²) in [5.41, 5.74) is 1.28. The van der Waals surface area contributed by atoms with E-state index in [2.05, 4.69) is 6.58 Å². The Labute approximate surface area is 159 Å². The van der Waals surface area contributed by atoms with Crippen LogP contribution in [0.5, 0.6) is 5.75 Å². The number of carbonyl (C=O) groups is 2.